The lowest BCUT2D eigenvalue weighted by Crippen LogP contribution is -2.30. The van der Waals surface area contributed by atoms with E-state index >= 15 is 0 Å². The summed E-state index contributed by atoms with van der Waals surface area (Å²) in [6, 6.07) is 0.0546. The molecule has 7 heteroatoms. The summed E-state index contributed by atoms with van der Waals surface area (Å²) in [6.45, 7) is 0. The molecule has 0 nitrogen and oxygen atoms in total. The molecule has 1 aromatic carbocycles. The van der Waals surface area contributed by atoms with Crippen LogP contribution in [0.5, 0.6) is 0 Å². The maximum absolute atomic E-state index is 13.9. The minimum absolute atomic E-state index is 0.0546. The Hall–Kier alpha value is -0.850. The summed E-state index contributed by atoms with van der Waals surface area (Å²) in [5, 5.41) is -3.66. The molecule has 2 rings (SSSR count). The molecular weight excluding hydrogens is 278 g/mol. The van der Waals surface area contributed by atoms with Gasteiger partial charge in [-0.05, 0) is 18.9 Å². The molecule has 0 aromatic heterocycles. The van der Waals surface area contributed by atoms with Gasteiger partial charge in [-0.2, -0.15) is 0 Å². The zero-order chi connectivity index (χ0) is 13.5. The van der Waals surface area contributed by atoms with Gasteiger partial charge in [0.1, 0.15) is 17.1 Å². The third kappa shape index (κ3) is 2.08. The van der Waals surface area contributed by atoms with Gasteiger partial charge in [-0.25, -0.2) is 17.6 Å². The third-order valence-corrected chi connectivity index (χ3v) is 5.32. The molecule has 0 aliphatic carbocycles. The van der Waals surface area contributed by atoms with Crippen molar-refractivity contribution >= 4 is 10.9 Å². The first-order chi connectivity index (χ1) is 8.35. The number of hydrogen-bond donors (Lipinski definition) is 0. The molecule has 0 bridgehead atoms. The van der Waals surface area contributed by atoms with Crippen LogP contribution in [0.25, 0.3) is 0 Å². The Morgan fingerprint density at radius 1 is 0.889 bits per heavy atom. The summed E-state index contributed by atoms with van der Waals surface area (Å²) >= 11 is 0. The fraction of sp³-hybridized carbons (Fsp3) is 0.455. The van der Waals surface area contributed by atoms with Crippen LogP contribution in [-0.4, -0.2) is 11.5 Å². The van der Waals surface area contributed by atoms with Gasteiger partial charge < -0.3 is 0 Å². The topological polar surface area (TPSA) is 0 Å². The molecule has 0 saturated carbocycles. The van der Waals surface area contributed by atoms with Crippen LogP contribution in [0.2, 0.25) is 0 Å². The van der Waals surface area contributed by atoms with E-state index in [1.807, 2.05) is 0 Å². The standard InChI is InChI=1S/C11H9F6S/c12-7-5-6(8(13)10(15)9(7)14)11(16,17)18-3-1-2-4-18/h5H,1-4H2/q+1. The molecule has 1 aromatic rings. The van der Waals surface area contributed by atoms with Crippen LogP contribution in [0.15, 0.2) is 6.07 Å². The van der Waals surface area contributed by atoms with Gasteiger partial charge in [-0.3, -0.25) is 0 Å². The van der Waals surface area contributed by atoms with Gasteiger partial charge in [0.15, 0.2) is 23.3 Å². The number of rotatable bonds is 2. The number of hydrogen-bond acceptors (Lipinski definition) is 0. The minimum atomic E-state index is -3.66. The number of benzene rings is 1. The number of halogens is 6. The summed E-state index contributed by atoms with van der Waals surface area (Å²) in [5.41, 5.74) is -1.39. The molecular formula is C11H9F6S+. The molecule has 0 atom stereocenters. The van der Waals surface area contributed by atoms with Gasteiger partial charge in [0.05, 0.1) is 10.9 Å². The molecule has 1 aliphatic rings. The lowest BCUT2D eigenvalue weighted by molar-refractivity contribution is 0.0942. The Labute approximate surface area is 102 Å². The van der Waals surface area contributed by atoms with E-state index in [9.17, 15) is 26.3 Å². The Morgan fingerprint density at radius 3 is 2.00 bits per heavy atom. The van der Waals surface area contributed by atoms with Crippen LogP contribution in [-0.2, 0) is 16.1 Å². The first-order valence-electron chi connectivity index (χ1n) is 5.24. The molecule has 1 saturated heterocycles. The monoisotopic (exact) mass is 287 g/mol. The van der Waals surface area contributed by atoms with E-state index in [0.717, 1.165) is 0 Å². The lowest BCUT2D eigenvalue weighted by atomic mass is 10.2. The van der Waals surface area contributed by atoms with Gasteiger partial charge in [0.25, 0.3) is 0 Å². The van der Waals surface area contributed by atoms with Crippen molar-refractivity contribution in [2.75, 3.05) is 11.5 Å². The number of alkyl halides is 2. The molecule has 0 radical (unpaired) electrons. The van der Waals surface area contributed by atoms with Crippen molar-refractivity contribution < 1.29 is 26.3 Å². The first kappa shape index (κ1) is 13.6. The van der Waals surface area contributed by atoms with Crippen molar-refractivity contribution in [1.82, 2.24) is 0 Å². The van der Waals surface area contributed by atoms with Crippen LogP contribution < -0.4 is 0 Å². The van der Waals surface area contributed by atoms with E-state index in [1.54, 1.807) is 0 Å². The van der Waals surface area contributed by atoms with Crippen molar-refractivity contribution in [2.45, 2.75) is 18.1 Å². The summed E-state index contributed by atoms with van der Waals surface area (Å²) < 4.78 is 79.8. The van der Waals surface area contributed by atoms with E-state index in [4.69, 9.17) is 0 Å². The average Bonchev–Trinajstić information content (AvgIpc) is 2.85. The maximum Gasteiger partial charge on any atom is 0.439 e. The zero-order valence-corrected chi connectivity index (χ0v) is 9.90. The van der Waals surface area contributed by atoms with Gasteiger partial charge in [-0.15, -0.1) is 8.78 Å². The van der Waals surface area contributed by atoms with Crippen molar-refractivity contribution in [3.05, 3.63) is 34.9 Å². The molecule has 1 fully saturated rings. The van der Waals surface area contributed by atoms with Crippen molar-refractivity contribution in [1.29, 1.82) is 0 Å². The van der Waals surface area contributed by atoms with Crippen LogP contribution in [0, 0.1) is 23.3 Å². The summed E-state index contributed by atoms with van der Waals surface area (Å²) in [6.07, 6.45) is 1.15. The normalized spacial score (nSPS) is 17.4. The fourth-order valence-corrected chi connectivity index (χ4v) is 4.13. The highest BCUT2D eigenvalue weighted by Gasteiger charge is 2.54. The quantitative estimate of drug-likeness (QED) is 0.337. The van der Waals surface area contributed by atoms with E-state index in [2.05, 4.69) is 0 Å². The highest BCUT2D eigenvalue weighted by molar-refractivity contribution is 7.97. The molecule has 0 unspecified atom stereocenters. The Balaban J connectivity index is 2.50. The van der Waals surface area contributed by atoms with Gasteiger partial charge in [0, 0.05) is 0 Å². The van der Waals surface area contributed by atoms with E-state index < -0.39 is 45.0 Å². The van der Waals surface area contributed by atoms with E-state index in [-0.39, 0.29) is 17.6 Å². The molecule has 100 valence electrons. The van der Waals surface area contributed by atoms with Crippen molar-refractivity contribution in [3.8, 4) is 0 Å². The molecule has 1 heterocycles. The van der Waals surface area contributed by atoms with Crippen molar-refractivity contribution in [2.24, 2.45) is 0 Å². The molecule has 18 heavy (non-hydrogen) atoms. The first-order valence-corrected chi connectivity index (χ1v) is 6.81. The lowest BCUT2D eigenvalue weighted by Gasteiger charge is -2.16. The second-order valence-electron chi connectivity index (χ2n) is 3.97. The zero-order valence-electron chi connectivity index (χ0n) is 9.08. The molecule has 0 spiro atoms. The largest absolute Gasteiger partial charge is 0.439 e. The summed E-state index contributed by atoms with van der Waals surface area (Å²) in [4.78, 5) is 0. The molecule has 1 aliphatic heterocycles. The average molecular weight is 287 g/mol. The molecule has 0 N–H and O–H groups in total. The van der Waals surface area contributed by atoms with Crippen molar-refractivity contribution in [3.63, 3.8) is 0 Å². The third-order valence-electron chi connectivity index (χ3n) is 2.81. The van der Waals surface area contributed by atoms with Crippen LogP contribution in [0.4, 0.5) is 26.3 Å². The van der Waals surface area contributed by atoms with Crippen LogP contribution in [0.3, 0.4) is 0 Å². The Kier molecular flexibility index (Phi) is 3.53. The Bertz CT molecular complexity index is 467. The minimum Gasteiger partial charge on any atom is -0.204 e. The van der Waals surface area contributed by atoms with Gasteiger partial charge in [0.2, 0.25) is 0 Å². The fourth-order valence-electron chi connectivity index (χ4n) is 1.85. The van der Waals surface area contributed by atoms with Gasteiger partial charge in [-0.1, -0.05) is 0 Å². The predicted molar refractivity (Wildman–Crippen MR) is 56.5 cm³/mol. The maximum atomic E-state index is 13.9. The van der Waals surface area contributed by atoms with Crippen LogP contribution >= 0.6 is 0 Å². The van der Waals surface area contributed by atoms with Gasteiger partial charge >= 0.3 is 5.25 Å². The second-order valence-corrected chi connectivity index (χ2v) is 6.29. The highest BCUT2D eigenvalue weighted by Crippen LogP contribution is 2.41. The van der Waals surface area contributed by atoms with E-state index in [0.29, 0.717) is 12.8 Å². The van der Waals surface area contributed by atoms with E-state index in [1.165, 1.54) is 0 Å². The molecule has 0 amide bonds. The SMILES string of the molecule is Fc1cc(C(F)(F)[S+]2CCCC2)c(F)c(F)c1F. The summed E-state index contributed by atoms with van der Waals surface area (Å²) in [7, 11) is -1.45. The smallest absolute Gasteiger partial charge is 0.204 e. The Morgan fingerprint density at radius 2 is 1.44 bits per heavy atom. The second kappa shape index (κ2) is 4.68. The summed E-state index contributed by atoms with van der Waals surface area (Å²) in [5.74, 6) is -7.68. The van der Waals surface area contributed by atoms with Crippen LogP contribution in [0.1, 0.15) is 18.4 Å². The predicted octanol–water partition coefficient (Wildman–Crippen LogP) is 3.70. The highest BCUT2D eigenvalue weighted by atomic mass is 32.2.